The Bertz CT molecular complexity index is 351. The van der Waals surface area contributed by atoms with Crippen molar-refractivity contribution in [3.8, 4) is 0 Å². The van der Waals surface area contributed by atoms with Crippen molar-refractivity contribution in [3.05, 3.63) is 29.8 Å². The lowest BCUT2D eigenvalue weighted by molar-refractivity contribution is -0.116. The highest BCUT2D eigenvalue weighted by Gasteiger charge is 2.29. The fourth-order valence-corrected chi connectivity index (χ4v) is 2.88. The normalized spacial score (nSPS) is 20.2. The van der Waals surface area contributed by atoms with Crippen LogP contribution in [0.1, 0.15) is 12.5 Å². The molecule has 0 radical (unpaired) electrons. The topological polar surface area (TPSA) is 20.3 Å². The fourth-order valence-electron chi connectivity index (χ4n) is 1.71. The van der Waals surface area contributed by atoms with Crippen LogP contribution in [0.4, 0.5) is 5.69 Å². The van der Waals surface area contributed by atoms with E-state index >= 15 is 0 Å². The van der Waals surface area contributed by atoms with Crippen LogP contribution in [-0.4, -0.2) is 9.96 Å². The van der Waals surface area contributed by atoms with Crippen LogP contribution in [0.2, 0.25) is 0 Å². The highest BCUT2D eigenvalue weighted by atomic mass is 127. The summed E-state index contributed by atoms with van der Waals surface area (Å²) in [6.07, 6.45) is 0.969. The second kappa shape index (κ2) is 3.29. The Morgan fingerprint density at radius 2 is 2.23 bits per heavy atom. The van der Waals surface area contributed by atoms with Gasteiger partial charge in [0.15, 0.2) is 0 Å². The Kier molecular flexibility index (Phi) is 2.27. The molecule has 68 valence electrons. The molecule has 2 rings (SSSR count). The summed E-state index contributed by atoms with van der Waals surface area (Å²) >= 11 is 2.31. The highest BCUT2D eigenvalue weighted by Crippen LogP contribution is 2.34. The van der Waals surface area contributed by atoms with Gasteiger partial charge >= 0.3 is 0 Å². The molecule has 0 fully saturated rings. The average molecular weight is 287 g/mol. The van der Waals surface area contributed by atoms with Crippen LogP contribution in [0.15, 0.2) is 24.3 Å². The van der Waals surface area contributed by atoms with E-state index in [0.29, 0.717) is 0 Å². The monoisotopic (exact) mass is 287 g/mol. The number of halogens is 1. The molecule has 0 N–H and O–H groups in total. The molecule has 1 aromatic rings. The van der Waals surface area contributed by atoms with Crippen LogP contribution >= 0.6 is 22.6 Å². The first-order valence-electron chi connectivity index (χ1n) is 4.22. The van der Waals surface area contributed by atoms with Crippen LogP contribution < -0.4 is 4.90 Å². The Hall–Kier alpha value is -0.580. The van der Waals surface area contributed by atoms with Crippen molar-refractivity contribution >= 4 is 34.2 Å². The average Bonchev–Trinajstić information content (AvgIpc) is 2.39. The maximum absolute atomic E-state index is 11.3. The van der Waals surface area contributed by atoms with Crippen LogP contribution in [0, 0.1) is 0 Å². The van der Waals surface area contributed by atoms with Gasteiger partial charge in [-0.25, -0.2) is 0 Å². The summed E-state index contributed by atoms with van der Waals surface area (Å²) in [6, 6.07) is 8.09. The maximum atomic E-state index is 11.3. The van der Waals surface area contributed by atoms with Gasteiger partial charge in [0.25, 0.3) is 0 Å². The van der Waals surface area contributed by atoms with Gasteiger partial charge in [0, 0.05) is 19.0 Å². The quantitative estimate of drug-likeness (QED) is 0.407. The van der Waals surface area contributed by atoms with Gasteiger partial charge in [-0.05, 0) is 11.6 Å². The molecule has 0 saturated heterocycles. The van der Waals surface area contributed by atoms with Crippen LogP contribution in [0.5, 0.6) is 0 Å². The summed E-state index contributed by atoms with van der Waals surface area (Å²) in [5.41, 5.74) is 2.35. The lowest BCUT2D eigenvalue weighted by Gasteiger charge is -2.18. The number of alkyl halides is 1. The zero-order valence-electron chi connectivity index (χ0n) is 7.33. The molecule has 13 heavy (non-hydrogen) atoms. The number of rotatable bonds is 0. The zero-order valence-corrected chi connectivity index (χ0v) is 9.48. The number of anilines is 1. The smallest absolute Gasteiger partial charge is 0.224 e. The summed E-state index contributed by atoms with van der Waals surface area (Å²) in [7, 11) is 0. The van der Waals surface area contributed by atoms with Crippen molar-refractivity contribution in [2.45, 2.75) is 17.4 Å². The van der Waals surface area contributed by atoms with Gasteiger partial charge in [0.2, 0.25) is 5.91 Å². The van der Waals surface area contributed by atoms with Gasteiger partial charge in [-0.15, -0.1) is 0 Å². The number of nitrogens with zero attached hydrogens (tertiary/aromatic N) is 1. The minimum absolute atomic E-state index is 0.129. The first-order chi connectivity index (χ1) is 6.20. The molecule has 0 aliphatic carbocycles. The third-order valence-corrected chi connectivity index (χ3v) is 3.26. The summed E-state index contributed by atoms with van der Waals surface area (Å²) in [5, 5.41) is 0. The first kappa shape index (κ1) is 8.99. The fraction of sp³-hybridized carbons (Fsp3) is 0.300. The van der Waals surface area contributed by atoms with E-state index in [1.807, 2.05) is 23.1 Å². The number of benzene rings is 1. The van der Waals surface area contributed by atoms with E-state index in [1.54, 1.807) is 6.92 Å². The summed E-state index contributed by atoms with van der Waals surface area (Å²) in [4.78, 5) is 13.2. The predicted octanol–water partition coefficient (Wildman–Crippen LogP) is 2.36. The SMILES string of the molecule is CC(=O)N1c2ccccc2CC1I. The second-order valence-corrected chi connectivity index (χ2v) is 4.59. The van der Waals surface area contributed by atoms with Gasteiger partial charge in [-0.3, -0.25) is 9.69 Å². The number of carbonyl (C=O) groups is 1. The number of hydrogen-bond donors (Lipinski definition) is 0. The Morgan fingerprint density at radius 3 is 2.92 bits per heavy atom. The molecule has 1 amide bonds. The van der Waals surface area contributed by atoms with E-state index < -0.39 is 0 Å². The first-order valence-corrected chi connectivity index (χ1v) is 5.46. The van der Waals surface area contributed by atoms with E-state index in [2.05, 4.69) is 28.7 Å². The van der Waals surface area contributed by atoms with Crippen molar-refractivity contribution in [1.29, 1.82) is 0 Å². The number of fused-ring (bicyclic) bond motifs is 1. The Balaban J connectivity index is 2.46. The summed E-state index contributed by atoms with van der Waals surface area (Å²) < 4.78 is 0.285. The van der Waals surface area contributed by atoms with Crippen LogP contribution in [0.25, 0.3) is 0 Å². The minimum Gasteiger partial charge on any atom is -0.300 e. The van der Waals surface area contributed by atoms with E-state index in [9.17, 15) is 4.79 Å². The van der Waals surface area contributed by atoms with Gasteiger partial charge in [-0.1, -0.05) is 40.8 Å². The van der Waals surface area contributed by atoms with Crippen molar-refractivity contribution in [2.24, 2.45) is 0 Å². The Labute approximate surface area is 91.1 Å². The molecular weight excluding hydrogens is 277 g/mol. The predicted molar refractivity (Wildman–Crippen MR) is 61.1 cm³/mol. The summed E-state index contributed by atoms with van der Waals surface area (Å²) in [5.74, 6) is 0.129. The lowest BCUT2D eigenvalue weighted by Crippen LogP contribution is -2.31. The number of para-hydroxylation sites is 1. The standard InChI is InChI=1S/C10H10INO/c1-7(13)12-9-5-3-2-4-8(9)6-10(12)11/h2-5,10H,6H2,1H3. The number of carbonyl (C=O) groups excluding carboxylic acids is 1. The van der Waals surface area contributed by atoms with Crippen molar-refractivity contribution in [1.82, 2.24) is 0 Å². The largest absolute Gasteiger partial charge is 0.300 e. The summed E-state index contributed by atoms with van der Waals surface area (Å²) in [6.45, 7) is 1.62. The molecule has 0 saturated carbocycles. The second-order valence-electron chi connectivity index (χ2n) is 3.16. The van der Waals surface area contributed by atoms with Crippen molar-refractivity contribution < 1.29 is 4.79 Å². The van der Waals surface area contributed by atoms with E-state index in [4.69, 9.17) is 0 Å². The number of amides is 1. The third-order valence-electron chi connectivity index (χ3n) is 2.26. The van der Waals surface area contributed by atoms with E-state index in [1.165, 1.54) is 5.56 Å². The van der Waals surface area contributed by atoms with Gasteiger partial charge < -0.3 is 0 Å². The zero-order chi connectivity index (χ0) is 9.42. The molecule has 0 bridgehead atoms. The molecule has 1 unspecified atom stereocenters. The molecule has 1 atom stereocenters. The molecule has 0 spiro atoms. The number of hydrogen-bond acceptors (Lipinski definition) is 1. The highest BCUT2D eigenvalue weighted by molar-refractivity contribution is 14.1. The molecule has 0 aromatic heterocycles. The molecule has 1 aliphatic rings. The minimum atomic E-state index is 0.129. The molecule has 2 nitrogen and oxygen atoms in total. The van der Waals surface area contributed by atoms with E-state index in [0.717, 1.165) is 12.1 Å². The Morgan fingerprint density at radius 1 is 1.54 bits per heavy atom. The van der Waals surface area contributed by atoms with Gasteiger partial charge in [-0.2, -0.15) is 0 Å². The van der Waals surface area contributed by atoms with E-state index in [-0.39, 0.29) is 9.96 Å². The van der Waals surface area contributed by atoms with Gasteiger partial charge in [0.05, 0.1) is 4.05 Å². The molecule has 3 heteroatoms. The maximum Gasteiger partial charge on any atom is 0.224 e. The molecule has 1 heterocycles. The molecule has 1 aliphatic heterocycles. The van der Waals surface area contributed by atoms with Crippen molar-refractivity contribution in [2.75, 3.05) is 4.90 Å². The van der Waals surface area contributed by atoms with Crippen LogP contribution in [-0.2, 0) is 11.2 Å². The van der Waals surface area contributed by atoms with Gasteiger partial charge in [0.1, 0.15) is 0 Å². The van der Waals surface area contributed by atoms with Crippen molar-refractivity contribution in [3.63, 3.8) is 0 Å². The molecule has 1 aromatic carbocycles. The third kappa shape index (κ3) is 1.45. The molecular formula is C10H10INO. The lowest BCUT2D eigenvalue weighted by atomic mass is 10.2. The van der Waals surface area contributed by atoms with Crippen LogP contribution in [0.3, 0.4) is 0 Å².